The molecule has 1 heterocycles. The van der Waals surface area contributed by atoms with E-state index in [1.165, 1.54) is 0 Å². The SMILES string of the molecule is CCCNC(=O)c1cccc(C(=O)N(CCc2nccs2)C(C)C)c1. The van der Waals surface area contributed by atoms with Gasteiger partial charge in [0.05, 0.1) is 5.01 Å². The highest BCUT2D eigenvalue weighted by atomic mass is 32.1. The van der Waals surface area contributed by atoms with Gasteiger partial charge in [-0.2, -0.15) is 0 Å². The third-order valence-corrected chi connectivity index (χ3v) is 4.68. The first-order valence-electron chi connectivity index (χ1n) is 8.60. The van der Waals surface area contributed by atoms with Gasteiger partial charge in [-0.15, -0.1) is 11.3 Å². The van der Waals surface area contributed by atoms with Gasteiger partial charge in [0.15, 0.2) is 0 Å². The average Bonchev–Trinajstić information content (AvgIpc) is 3.13. The van der Waals surface area contributed by atoms with E-state index in [0.717, 1.165) is 17.8 Å². The smallest absolute Gasteiger partial charge is 0.254 e. The minimum atomic E-state index is -0.143. The van der Waals surface area contributed by atoms with Crippen molar-refractivity contribution >= 4 is 23.2 Å². The van der Waals surface area contributed by atoms with Crippen LogP contribution in [0.3, 0.4) is 0 Å². The highest BCUT2D eigenvalue weighted by Gasteiger charge is 2.20. The molecule has 1 aromatic carbocycles. The maximum atomic E-state index is 12.9. The van der Waals surface area contributed by atoms with Gasteiger partial charge in [-0.25, -0.2) is 4.98 Å². The highest BCUT2D eigenvalue weighted by Crippen LogP contribution is 2.13. The zero-order chi connectivity index (χ0) is 18.2. The van der Waals surface area contributed by atoms with Crippen LogP contribution in [0.1, 0.15) is 52.9 Å². The van der Waals surface area contributed by atoms with Crippen molar-refractivity contribution in [3.63, 3.8) is 0 Å². The lowest BCUT2D eigenvalue weighted by Gasteiger charge is -2.26. The molecule has 1 aromatic heterocycles. The summed E-state index contributed by atoms with van der Waals surface area (Å²) in [5.74, 6) is -0.202. The molecule has 0 bridgehead atoms. The second kappa shape index (κ2) is 9.32. The Bertz CT molecular complexity index is 698. The van der Waals surface area contributed by atoms with Crippen molar-refractivity contribution in [2.45, 2.75) is 39.7 Å². The van der Waals surface area contributed by atoms with Crippen LogP contribution in [0.25, 0.3) is 0 Å². The Morgan fingerprint density at radius 1 is 1.28 bits per heavy atom. The Labute approximate surface area is 153 Å². The fourth-order valence-electron chi connectivity index (χ4n) is 2.49. The van der Waals surface area contributed by atoms with E-state index in [9.17, 15) is 9.59 Å². The molecule has 2 amide bonds. The second-order valence-corrected chi connectivity index (χ2v) is 7.08. The predicted octanol–water partition coefficient (Wildman–Crippen LogP) is 3.38. The van der Waals surface area contributed by atoms with Gasteiger partial charge in [0.1, 0.15) is 0 Å². The van der Waals surface area contributed by atoms with E-state index in [2.05, 4.69) is 10.3 Å². The first kappa shape index (κ1) is 19.1. The summed E-state index contributed by atoms with van der Waals surface area (Å²) in [5.41, 5.74) is 1.06. The number of nitrogens with one attached hydrogen (secondary N) is 1. The van der Waals surface area contributed by atoms with Crippen molar-refractivity contribution in [2.75, 3.05) is 13.1 Å². The molecule has 25 heavy (non-hydrogen) atoms. The average molecular weight is 359 g/mol. The fourth-order valence-corrected chi connectivity index (χ4v) is 3.10. The standard InChI is InChI=1S/C19H25N3O2S/c1-4-9-21-18(23)15-6-5-7-16(13-15)19(24)22(14(2)3)11-8-17-20-10-12-25-17/h5-7,10,12-14H,4,8-9,11H2,1-3H3,(H,21,23). The second-order valence-electron chi connectivity index (χ2n) is 6.10. The lowest BCUT2D eigenvalue weighted by molar-refractivity contribution is 0.0708. The monoisotopic (exact) mass is 359 g/mol. The molecular weight excluding hydrogens is 334 g/mol. The maximum Gasteiger partial charge on any atom is 0.254 e. The van der Waals surface area contributed by atoms with Crippen molar-refractivity contribution < 1.29 is 9.59 Å². The number of nitrogens with zero attached hydrogens (tertiary/aromatic N) is 2. The van der Waals surface area contributed by atoms with Crippen LogP contribution in [0, 0.1) is 0 Å². The summed E-state index contributed by atoms with van der Waals surface area (Å²) in [7, 11) is 0. The normalized spacial score (nSPS) is 10.7. The van der Waals surface area contributed by atoms with Crippen LogP contribution in [0.2, 0.25) is 0 Å². The minimum Gasteiger partial charge on any atom is -0.352 e. The van der Waals surface area contributed by atoms with Crippen LogP contribution in [0.4, 0.5) is 0 Å². The van der Waals surface area contributed by atoms with E-state index < -0.39 is 0 Å². The molecule has 0 saturated heterocycles. The molecule has 5 nitrogen and oxygen atoms in total. The first-order chi connectivity index (χ1) is 12.0. The van der Waals surface area contributed by atoms with Gasteiger partial charge in [0.25, 0.3) is 11.8 Å². The van der Waals surface area contributed by atoms with E-state index in [4.69, 9.17) is 0 Å². The van der Waals surface area contributed by atoms with Gasteiger partial charge in [-0.3, -0.25) is 9.59 Å². The Balaban J connectivity index is 2.11. The molecule has 0 radical (unpaired) electrons. The maximum absolute atomic E-state index is 12.9. The van der Waals surface area contributed by atoms with Crippen LogP contribution in [-0.2, 0) is 6.42 Å². The molecular formula is C19H25N3O2S. The number of benzene rings is 1. The van der Waals surface area contributed by atoms with Crippen molar-refractivity contribution in [2.24, 2.45) is 0 Å². The summed E-state index contributed by atoms with van der Waals surface area (Å²) in [6, 6.07) is 7.00. The largest absolute Gasteiger partial charge is 0.352 e. The lowest BCUT2D eigenvalue weighted by Crippen LogP contribution is -2.38. The number of carbonyl (C=O) groups is 2. The fraction of sp³-hybridized carbons (Fsp3) is 0.421. The molecule has 0 spiro atoms. The van der Waals surface area contributed by atoms with Gasteiger partial charge in [0.2, 0.25) is 0 Å². The van der Waals surface area contributed by atoms with Crippen LogP contribution in [0.5, 0.6) is 0 Å². The lowest BCUT2D eigenvalue weighted by atomic mass is 10.1. The van der Waals surface area contributed by atoms with Crippen molar-refractivity contribution in [3.05, 3.63) is 52.0 Å². The molecule has 0 aliphatic carbocycles. The van der Waals surface area contributed by atoms with Crippen LogP contribution < -0.4 is 5.32 Å². The van der Waals surface area contributed by atoms with E-state index in [1.54, 1.807) is 41.8 Å². The van der Waals surface area contributed by atoms with E-state index in [0.29, 0.717) is 24.2 Å². The molecule has 1 N–H and O–H groups in total. The molecule has 2 aromatic rings. The first-order valence-corrected chi connectivity index (χ1v) is 9.48. The topological polar surface area (TPSA) is 62.3 Å². The Hall–Kier alpha value is -2.21. The van der Waals surface area contributed by atoms with E-state index in [1.807, 2.05) is 31.1 Å². The van der Waals surface area contributed by atoms with Gasteiger partial charge >= 0.3 is 0 Å². The molecule has 0 atom stereocenters. The number of hydrogen-bond acceptors (Lipinski definition) is 4. The summed E-state index contributed by atoms with van der Waals surface area (Å²) >= 11 is 1.60. The molecule has 2 rings (SSSR count). The van der Waals surface area contributed by atoms with Crippen LogP contribution >= 0.6 is 11.3 Å². The van der Waals surface area contributed by atoms with Gasteiger partial charge in [0, 0.05) is 48.3 Å². The van der Waals surface area contributed by atoms with Crippen molar-refractivity contribution in [1.82, 2.24) is 15.2 Å². The van der Waals surface area contributed by atoms with Crippen molar-refractivity contribution in [3.8, 4) is 0 Å². The Kier molecular flexibility index (Phi) is 7.13. The number of amides is 2. The quantitative estimate of drug-likeness (QED) is 0.786. The summed E-state index contributed by atoms with van der Waals surface area (Å²) in [5, 5.41) is 5.80. The zero-order valence-electron chi connectivity index (χ0n) is 15.0. The highest BCUT2D eigenvalue weighted by molar-refractivity contribution is 7.09. The third kappa shape index (κ3) is 5.39. The van der Waals surface area contributed by atoms with Gasteiger partial charge in [-0.1, -0.05) is 13.0 Å². The molecule has 0 fully saturated rings. The molecule has 134 valence electrons. The molecule has 0 saturated carbocycles. The number of carbonyl (C=O) groups excluding carboxylic acids is 2. The molecule has 6 heteroatoms. The number of hydrogen-bond donors (Lipinski definition) is 1. The molecule has 0 unspecified atom stereocenters. The Morgan fingerprint density at radius 2 is 2.04 bits per heavy atom. The predicted molar refractivity (Wildman–Crippen MR) is 101 cm³/mol. The molecule has 0 aliphatic heterocycles. The molecule has 0 aliphatic rings. The summed E-state index contributed by atoms with van der Waals surface area (Å²) < 4.78 is 0. The number of thiazole rings is 1. The van der Waals surface area contributed by atoms with Gasteiger partial charge < -0.3 is 10.2 Å². The third-order valence-electron chi connectivity index (χ3n) is 3.84. The van der Waals surface area contributed by atoms with Gasteiger partial charge in [-0.05, 0) is 38.5 Å². The van der Waals surface area contributed by atoms with Crippen molar-refractivity contribution in [1.29, 1.82) is 0 Å². The number of rotatable bonds is 8. The van der Waals surface area contributed by atoms with Crippen LogP contribution in [-0.4, -0.2) is 40.8 Å². The zero-order valence-corrected chi connectivity index (χ0v) is 15.8. The van der Waals surface area contributed by atoms with E-state index >= 15 is 0 Å². The van der Waals surface area contributed by atoms with E-state index in [-0.39, 0.29) is 17.9 Å². The van der Waals surface area contributed by atoms with Crippen LogP contribution in [0.15, 0.2) is 35.8 Å². The summed E-state index contributed by atoms with van der Waals surface area (Å²) in [4.78, 5) is 31.1. The number of aromatic nitrogens is 1. The summed E-state index contributed by atoms with van der Waals surface area (Å²) in [6.45, 7) is 7.23. The minimum absolute atomic E-state index is 0.0586. The summed E-state index contributed by atoms with van der Waals surface area (Å²) in [6.07, 6.45) is 3.39. The Morgan fingerprint density at radius 3 is 2.68 bits per heavy atom.